The second kappa shape index (κ2) is 4.61. The van der Waals surface area contributed by atoms with Crippen LogP contribution < -0.4 is 10.5 Å². The van der Waals surface area contributed by atoms with Gasteiger partial charge in [0.25, 0.3) is 0 Å². The van der Waals surface area contributed by atoms with Crippen LogP contribution in [0, 0.1) is 0 Å². The molecule has 1 rings (SSSR count). The summed E-state index contributed by atoms with van der Waals surface area (Å²) >= 11 is 6.19. The molecule has 0 bridgehead atoms. The third-order valence-electron chi connectivity index (χ3n) is 1.52. The average Bonchev–Trinajstić information content (AvgIpc) is 2.07. The summed E-state index contributed by atoms with van der Waals surface area (Å²) in [7, 11) is 0. The highest BCUT2D eigenvalue weighted by Gasteiger charge is 2.33. The number of hydrogen-bond acceptors (Lipinski definition) is 2. The van der Waals surface area contributed by atoms with Gasteiger partial charge in [-0.3, -0.25) is 0 Å². The molecule has 7 heteroatoms. The van der Waals surface area contributed by atoms with E-state index in [2.05, 4.69) is 36.6 Å². The Morgan fingerprint density at radius 2 is 1.93 bits per heavy atom. The van der Waals surface area contributed by atoms with Gasteiger partial charge in [0.2, 0.25) is 0 Å². The molecule has 0 aliphatic carbocycles. The lowest BCUT2D eigenvalue weighted by Gasteiger charge is -2.14. The van der Waals surface area contributed by atoms with Gasteiger partial charge >= 0.3 is 6.36 Å². The van der Waals surface area contributed by atoms with Crippen molar-refractivity contribution in [3.05, 3.63) is 22.2 Å². The van der Waals surface area contributed by atoms with Crippen molar-refractivity contribution in [2.24, 2.45) is 0 Å². The number of ether oxygens (including phenoxy) is 1. The molecule has 0 fully saturated rings. The molecule has 0 aliphatic heterocycles. The molecule has 0 heterocycles. The predicted molar refractivity (Wildman–Crippen MR) is 57.9 cm³/mol. The van der Waals surface area contributed by atoms with Gasteiger partial charge in [0.1, 0.15) is 0 Å². The number of nitrogen functional groups attached to an aromatic ring is 1. The van der Waals surface area contributed by atoms with E-state index in [4.69, 9.17) is 5.73 Å². The summed E-state index contributed by atoms with van der Waals surface area (Å²) in [5.41, 5.74) is 5.70. The van der Waals surface area contributed by atoms with Gasteiger partial charge in [-0.1, -0.05) is 31.9 Å². The Labute approximate surface area is 101 Å². The molecule has 0 saturated carbocycles. The minimum absolute atomic E-state index is 0.0591. The molecule has 0 unspecified atom stereocenters. The van der Waals surface area contributed by atoms with Gasteiger partial charge in [0.05, 0.1) is 5.69 Å². The second-order valence-corrected chi connectivity index (χ2v) is 4.14. The molecular weight excluding hydrogens is 343 g/mol. The van der Waals surface area contributed by atoms with E-state index in [0.717, 1.165) is 0 Å². The number of alkyl halides is 4. The Morgan fingerprint density at radius 1 is 1.33 bits per heavy atom. The third kappa shape index (κ3) is 3.57. The topological polar surface area (TPSA) is 35.2 Å². The first-order valence-electron chi connectivity index (χ1n) is 3.73. The average molecular weight is 349 g/mol. The standard InChI is InChI=1S/C8H6Br2F3NO/c9-3-4-1-5(10)2-6(14)7(4)15-8(11,12)13/h1-2H,3,14H2. The Morgan fingerprint density at radius 3 is 2.40 bits per heavy atom. The monoisotopic (exact) mass is 347 g/mol. The fourth-order valence-electron chi connectivity index (χ4n) is 1.01. The first-order valence-corrected chi connectivity index (χ1v) is 5.64. The highest BCUT2D eigenvalue weighted by Crippen LogP contribution is 2.35. The van der Waals surface area contributed by atoms with Crippen LogP contribution in [0.4, 0.5) is 18.9 Å². The van der Waals surface area contributed by atoms with Crippen LogP contribution >= 0.6 is 31.9 Å². The Hall–Kier alpha value is -0.430. The van der Waals surface area contributed by atoms with Crippen molar-refractivity contribution in [2.45, 2.75) is 11.7 Å². The van der Waals surface area contributed by atoms with Gasteiger partial charge in [0.15, 0.2) is 5.75 Å². The lowest BCUT2D eigenvalue weighted by molar-refractivity contribution is -0.274. The molecule has 0 saturated heterocycles. The Kier molecular flexibility index (Phi) is 3.88. The smallest absolute Gasteiger partial charge is 0.403 e. The van der Waals surface area contributed by atoms with Gasteiger partial charge < -0.3 is 10.5 Å². The number of rotatable bonds is 2. The van der Waals surface area contributed by atoms with E-state index < -0.39 is 6.36 Å². The zero-order valence-corrected chi connectivity index (χ0v) is 10.4. The van der Waals surface area contributed by atoms with E-state index in [1.807, 2.05) is 0 Å². The maximum absolute atomic E-state index is 12.0. The normalized spacial score (nSPS) is 11.5. The highest BCUT2D eigenvalue weighted by atomic mass is 79.9. The lowest BCUT2D eigenvalue weighted by atomic mass is 10.2. The molecule has 1 aromatic rings. The predicted octanol–water partition coefficient (Wildman–Crippen LogP) is 3.82. The molecule has 2 N–H and O–H groups in total. The summed E-state index contributed by atoms with van der Waals surface area (Å²) in [4.78, 5) is 0. The van der Waals surface area contributed by atoms with E-state index in [0.29, 0.717) is 10.0 Å². The zero-order valence-electron chi connectivity index (χ0n) is 7.24. The number of nitrogens with two attached hydrogens (primary N) is 1. The summed E-state index contributed by atoms with van der Waals surface area (Å²) in [6.07, 6.45) is -4.74. The molecule has 0 atom stereocenters. The van der Waals surface area contributed by atoms with Crippen LogP contribution in [0.5, 0.6) is 5.75 Å². The molecule has 0 aliphatic rings. The minimum Gasteiger partial charge on any atom is -0.403 e. The maximum atomic E-state index is 12.0. The molecule has 0 radical (unpaired) electrons. The van der Waals surface area contributed by atoms with Crippen molar-refractivity contribution < 1.29 is 17.9 Å². The molecule has 0 aromatic heterocycles. The summed E-state index contributed by atoms with van der Waals surface area (Å²) in [5, 5.41) is 0.224. The Bertz CT molecular complexity index is 368. The number of benzene rings is 1. The van der Waals surface area contributed by atoms with E-state index in [1.54, 1.807) is 0 Å². The minimum atomic E-state index is -4.74. The van der Waals surface area contributed by atoms with Crippen molar-refractivity contribution in [3.8, 4) is 5.75 Å². The van der Waals surface area contributed by atoms with Crippen molar-refractivity contribution in [1.82, 2.24) is 0 Å². The molecule has 0 amide bonds. The second-order valence-electron chi connectivity index (χ2n) is 2.66. The van der Waals surface area contributed by atoms with Gasteiger partial charge in [-0.05, 0) is 12.1 Å². The molecule has 2 nitrogen and oxygen atoms in total. The van der Waals surface area contributed by atoms with Gasteiger partial charge in [-0.15, -0.1) is 13.2 Å². The molecule has 84 valence electrons. The van der Waals surface area contributed by atoms with Gasteiger partial charge in [-0.2, -0.15) is 0 Å². The van der Waals surface area contributed by atoms with Gasteiger partial charge in [-0.25, -0.2) is 0 Å². The van der Waals surface area contributed by atoms with Crippen LogP contribution in [-0.2, 0) is 5.33 Å². The first kappa shape index (κ1) is 12.6. The maximum Gasteiger partial charge on any atom is 0.573 e. The summed E-state index contributed by atoms with van der Waals surface area (Å²) in [5.74, 6) is -0.359. The molecule has 1 aromatic carbocycles. The van der Waals surface area contributed by atoms with E-state index in [1.165, 1.54) is 12.1 Å². The quantitative estimate of drug-likeness (QED) is 0.651. The van der Waals surface area contributed by atoms with Crippen LogP contribution in [0.15, 0.2) is 16.6 Å². The SMILES string of the molecule is Nc1cc(Br)cc(CBr)c1OC(F)(F)F. The molecular formula is C8H6Br2F3NO. The summed E-state index contributed by atoms with van der Waals surface area (Å²) in [6, 6.07) is 2.86. The number of anilines is 1. The van der Waals surface area contributed by atoms with Gasteiger partial charge in [0, 0.05) is 15.4 Å². The Balaban J connectivity index is 3.15. The summed E-state index contributed by atoms with van der Waals surface area (Å²) in [6.45, 7) is 0. The largest absolute Gasteiger partial charge is 0.573 e. The van der Waals surface area contributed by atoms with Crippen molar-refractivity contribution in [1.29, 1.82) is 0 Å². The summed E-state index contributed by atoms with van der Waals surface area (Å²) < 4.78 is 40.5. The van der Waals surface area contributed by atoms with Crippen molar-refractivity contribution in [3.63, 3.8) is 0 Å². The van der Waals surface area contributed by atoms with E-state index >= 15 is 0 Å². The third-order valence-corrected chi connectivity index (χ3v) is 2.58. The lowest BCUT2D eigenvalue weighted by Crippen LogP contribution is -2.19. The first-order chi connectivity index (χ1) is 6.83. The van der Waals surface area contributed by atoms with Crippen LogP contribution in [0.1, 0.15) is 5.56 Å². The van der Waals surface area contributed by atoms with Crippen LogP contribution in [0.3, 0.4) is 0 Å². The highest BCUT2D eigenvalue weighted by molar-refractivity contribution is 9.10. The van der Waals surface area contributed by atoms with E-state index in [9.17, 15) is 13.2 Å². The number of hydrogen-bond donors (Lipinski definition) is 1. The van der Waals surface area contributed by atoms with Crippen LogP contribution in [0.25, 0.3) is 0 Å². The van der Waals surface area contributed by atoms with Crippen molar-refractivity contribution >= 4 is 37.5 Å². The van der Waals surface area contributed by atoms with Crippen molar-refractivity contribution in [2.75, 3.05) is 5.73 Å². The fraction of sp³-hybridized carbons (Fsp3) is 0.250. The van der Waals surface area contributed by atoms with Crippen LogP contribution in [0.2, 0.25) is 0 Å². The number of halogens is 5. The fourth-order valence-corrected chi connectivity index (χ4v) is 1.95. The zero-order chi connectivity index (χ0) is 11.6. The van der Waals surface area contributed by atoms with Crippen LogP contribution in [-0.4, -0.2) is 6.36 Å². The molecule has 15 heavy (non-hydrogen) atoms. The van der Waals surface area contributed by atoms with E-state index in [-0.39, 0.29) is 16.8 Å². The molecule has 0 spiro atoms.